The van der Waals surface area contributed by atoms with E-state index in [1.54, 1.807) is 18.2 Å². The van der Waals surface area contributed by atoms with Crippen molar-refractivity contribution in [2.45, 2.75) is 20.4 Å². The number of hydrogen-bond acceptors (Lipinski definition) is 8. The summed E-state index contributed by atoms with van der Waals surface area (Å²) >= 11 is 1.44. The van der Waals surface area contributed by atoms with Gasteiger partial charge in [0.25, 0.3) is 5.56 Å². The Balaban J connectivity index is 1.43. The third-order valence-corrected chi connectivity index (χ3v) is 5.63. The van der Waals surface area contributed by atoms with Crippen molar-refractivity contribution in [3.8, 4) is 11.5 Å². The number of fused-ring (bicyclic) bond motifs is 2. The molecule has 0 spiro atoms. The molecule has 28 heavy (non-hydrogen) atoms. The lowest BCUT2D eigenvalue weighted by Crippen LogP contribution is -2.26. The summed E-state index contributed by atoms with van der Waals surface area (Å²) in [5.41, 5.74) is 0.908. The van der Waals surface area contributed by atoms with Crippen molar-refractivity contribution in [2.75, 3.05) is 13.4 Å². The molecule has 3 aromatic rings. The molecule has 0 radical (unpaired) electrons. The summed E-state index contributed by atoms with van der Waals surface area (Å²) in [5, 5.41) is 0.509. The first-order valence-corrected chi connectivity index (χ1v) is 9.29. The minimum atomic E-state index is -0.693. The molecule has 3 heterocycles. The zero-order valence-electron chi connectivity index (χ0n) is 15.2. The van der Waals surface area contributed by atoms with Crippen molar-refractivity contribution in [2.24, 2.45) is 0 Å². The van der Waals surface area contributed by atoms with E-state index in [0.29, 0.717) is 27.3 Å². The molecular weight excluding hydrogens is 384 g/mol. The Morgan fingerprint density at radius 2 is 2.04 bits per heavy atom. The minimum absolute atomic E-state index is 0.109. The second kappa shape index (κ2) is 7.08. The molecule has 0 aliphatic carbocycles. The molecule has 0 N–H and O–H groups in total. The van der Waals surface area contributed by atoms with E-state index >= 15 is 0 Å². The van der Waals surface area contributed by atoms with Crippen molar-refractivity contribution >= 4 is 33.3 Å². The lowest BCUT2D eigenvalue weighted by atomic mass is 10.1. The predicted molar refractivity (Wildman–Crippen MR) is 101 cm³/mol. The molecule has 9 heteroatoms. The van der Waals surface area contributed by atoms with Crippen LogP contribution in [0.4, 0.5) is 0 Å². The van der Waals surface area contributed by atoms with Gasteiger partial charge < -0.3 is 14.2 Å². The van der Waals surface area contributed by atoms with Crippen molar-refractivity contribution in [3.63, 3.8) is 0 Å². The Morgan fingerprint density at radius 1 is 1.25 bits per heavy atom. The first-order valence-electron chi connectivity index (χ1n) is 8.47. The van der Waals surface area contributed by atoms with E-state index in [-0.39, 0.29) is 24.7 Å². The van der Waals surface area contributed by atoms with Crippen LogP contribution in [0.15, 0.2) is 29.3 Å². The molecule has 0 saturated carbocycles. The number of esters is 1. The molecule has 144 valence electrons. The summed E-state index contributed by atoms with van der Waals surface area (Å²) in [7, 11) is 0. The number of Topliss-reactive ketones (excluding diaryl/α,β-unsaturated/α-hetero) is 1. The van der Waals surface area contributed by atoms with Crippen LogP contribution in [0.3, 0.4) is 0 Å². The maximum atomic E-state index is 12.6. The topological polar surface area (TPSA) is 96.7 Å². The molecule has 0 amide bonds. The average molecular weight is 400 g/mol. The molecule has 0 unspecified atom stereocenters. The number of aryl methyl sites for hydroxylation is 2. The number of ketones is 1. The molecule has 1 aliphatic rings. The molecule has 0 bridgehead atoms. The molecule has 8 nitrogen and oxygen atoms in total. The van der Waals surface area contributed by atoms with E-state index < -0.39 is 12.6 Å². The number of carbonyl (C=O) groups excluding carboxylic acids is 2. The second-order valence-electron chi connectivity index (χ2n) is 6.29. The predicted octanol–water partition coefficient (Wildman–Crippen LogP) is 2.23. The van der Waals surface area contributed by atoms with Gasteiger partial charge in [0.2, 0.25) is 6.79 Å². The Hall–Kier alpha value is -3.20. The number of thiophene rings is 1. The van der Waals surface area contributed by atoms with E-state index in [4.69, 9.17) is 14.2 Å². The Bertz CT molecular complexity index is 1160. The third kappa shape index (κ3) is 3.24. The van der Waals surface area contributed by atoms with Crippen LogP contribution in [-0.4, -0.2) is 34.7 Å². The number of aromatic nitrogens is 2. The Labute approximate surface area is 163 Å². The Morgan fingerprint density at radius 3 is 2.86 bits per heavy atom. The zero-order valence-corrected chi connectivity index (χ0v) is 16.0. The lowest BCUT2D eigenvalue weighted by Gasteiger charge is -2.07. The van der Waals surface area contributed by atoms with E-state index in [9.17, 15) is 14.4 Å². The summed E-state index contributed by atoms with van der Waals surface area (Å²) in [6.07, 6.45) is 1.32. The van der Waals surface area contributed by atoms with Crippen LogP contribution in [0.2, 0.25) is 0 Å². The van der Waals surface area contributed by atoms with Crippen molar-refractivity contribution in [3.05, 3.63) is 50.9 Å². The lowest BCUT2D eigenvalue weighted by molar-refractivity contribution is -0.143. The number of benzene rings is 1. The van der Waals surface area contributed by atoms with Gasteiger partial charge in [-0.1, -0.05) is 0 Å². The fourth-order valence-electron chi connectivity index (χ4n) is 2.87. The monoisotopic (exact) mass is 400 g/mol. The van der Waals surface area contributed by atoms with Crippen LogP contribution in [0.1, 0.15) is 20.8 Å². The summed E-state index contributed by atoms with van der Waals surface area (Å²) < 4.78 is 16.6. The number of rotatable bonds is 5. The van der Waals surface area contributed by atoms with Gasteiger partial charge in [0.1, 0.15) is 11.4 Å². The summed E-state index contributed by atoms with van der Waals surface area (Å²) in [5.74, 6) is -0.0295. The highest BCUT2D eigenvalue weighted by Crippen LogP contribution is 2.32. The van der Waals surface area contributed by atoms with Crippen molar-refractivity contribution < 1.29 is 23.8 Å². The standard InChI is InChI=1S/C19H16N2O6S/c1-10-11(2)28-18-17(10)19(24)21(8-20-18)6-16(23)25-7-13(22)12-3-4-14-15(5-12)27-9-26-14/h3-5,8H,6-7,9H2,1-2H3. The molecule has 1 aromatic carbocycles. The van der Waals surface area contributed by atoms with Crippen LogP contribution >= 0.6 is 11.3 Å². The van der Waals surface area contributed by atoms with E-state index in [1.165, 1.54) is 22.2 Å². The van der Waals surface area contributed by atoms with Gasteiger partial charge in [-0.3, -0.25) is 19.0 Å². The van der Waals surface area contributed by atoms with Gasteiger partial charge in [0.15, 0.2) is 23.9 Å². The highest BCUT2D eigenvalue weighted by Gasteiger charge is 2.18. The van der Waals surface area contributed by atoms with Crippen LogP contribution in [-0.2, 0) is 16.1 Å². The molecular formula is C19H16N2O6S. The number of ether oxygens (including phenoxy) is 3. The fraction of sp³-hybridized carbons (Fsp3) is 0.263. The molecule has 0 fully saturated rings. The summed E-state index contributed by atoms with van der Waals surface area (Å²) in [6.45, 7) is 3.13. The van der Waals surface area contributed by atoms with E-state index in [1.807, 2.05) is 13.8 Å². The highest BCUT2D eigenvalue weighted by atomic mass is 32.1. The third-order valence-electron chi connectivity index (χ3n) is 4.51. The van der Waals surface area contributed by atoms with Crippen LogP contribution in [0.5, 0.6) is 11.5 Å². The molecule has 0 saturated heterocycles. The second-order valence-corrected chi connectivity index (χ2v) is 7.50. The van der Waals surface area contributed by atoms with Gasteiger partial charge in [-0.2, -0.15) is 0 Å². The normalized spacial score (nSPS) is 12.4. The number of nitrogens with zero attached hydrogens (tertiary/aromatic N) is 2. The van der Waals surface area contributed by atoms with Gasteiger partial charge in [-0.05, 0) is 37.6 Å². The largest absolute Gasteiger partial charge is 0.456 e. The first kappa shape index (κ1) is 18.2. The van der Waals surface area contributed by atoms with Crippen LogP contribution in [0.25, 0.3) is 10.2 Å². The smallest absolute Gasteiger partial charge is 0.326 e. The fourth-order valence-corrected chi connectivity index (χ4v) is 3.85. The average Bonchev–Trinajstić information content (AvgIpc) is 3.26. The SMILES string of the molecule is Cc1sc2ncn(CC(=O)OCC(=O)c3ccc4c(c3)OCO4)c(=O)c2c1C. The highest BCUT2D eigenvalue weighted by molar-refractivity contribution is 7.18. The zero-order chi connectivity index (χ0) is 19.8. The molecule has 4 rings (SSSR count). The first-order chi connectivity index (χ1) is 13.4. The van der Waals surface area contributed by atoms with Gasteiger partial charge in [0.05, 0.1) is 11.7 Å². The molecule has 2 aromatic heterocycles. The van der Waals surface area contributed by atoms with E-state index in [2.05, 4.69) is 4.98 Å². The van der Waals surface area contributed by atoms with Gasteiger partial charge in [-0.25, -0.2) is 4.98 Å². The quantitative estimate of drug-likeness (QED) is 0.479. The van der Waals surface area contributed by atoms with E-state index in [0.717, 1.165) is 10.4 Å². The number of carbonyl (C=O) groups is 2. The molecule has 0 atom stereocenters. The number of hydrogen-bond donors (Lipinski definition) is 0. The van der Waals surface area contributed by atoms with Gasteiger partial charge in [-0.15, -0.1) is 11.3 Å². The maximum absolute atomic E-state index is 12.6. The van der Waals surface area contributed by atoms with Crippen LogP contribution in [0, 0.1) is 13.8 Å². The van der Waals surface area contributed by atoms with Crippen molar-refractivity contribution in [1.82, 2.24) is 9.55 Å². The molecule has 1 aliphatic heterocycles. The van der Waals surface area contributed by atoms with Crippen LogP contribution < -0.4 is 15.0 Å². The van der Waals surface area contributed by atoms with Gasteiger partial charge in [0, 0.05) is 10.4 Å². The summed E-state index contributed by atoms with van der Waals surface area (Å²) in [4.78, 5) is 42.8. The summed E-state index contributed by atoms with van der Waals surface area (Å²) in [6, 6.07) is 4.75. The Kier molecular flexibility index (Phi) is 4.60. The van der Waals surface area contributed by atoms with Crippen molar-refractivity contribution in [1.29, 1.82) is 0 Å². The maximum Gasteiger partial charge on any atom is 0.326 e. The minimum Gasteiger partial charge on any atom is -0.456 e. The van der Waals surface area contributed by atoms with Gasteiger partial charge >= 0.3 is 5.97 Å².